The lowest BCUT2D eigenvalue weighted by molar-refractivity contribution is -0.144. The number of ether oxygens (including phenoxy) is 1. The van der Waals surface area contributed by atoms with Crippen molar-refractivity contribution in [2.45, 2.75) is 57.4 Å². The van der Waals surface area contributed by atoms with Gasteiger partial charge in [0.05, 0.1) is 19.1 Å². The molecular formula is C31H47N5O6. The van der Waals surface area contributed by atoms with Crippen LogP contribution in [0.4, 0.5) is 4.79 Å². The van der Waals surface area contributed by atoms with Crippen LogP contribution in [0.2, 0.25) is 0 Å². The number of urea groups is 1. The largest absolute Gasteiger partial charge is 0.493 e. The van der Waals surface area contributed by atoms with Crippen LogP contribution in [-0.2, 0) is 20.8 Å². The molecule has 0 spiro atoms. The highest BCUT2D eigenvalue weighted by Gasteiger charge is 2.48. The van der Waals surface area contributed by atoms with Gasteiger partial charge in [-0.25, -0.2) is 4.79 Å². The van der Waals surface area contributed by atoms with Crippen LogP contribution in [-0.4, -0.2) is 133 Å². The van der Waals surface area contributed by atoms with Crippen LogP contribution < -0.4 is 4.74 Å². The minimum Gasteiger partial charge on any atom is -0.493 e. The molecule has 4 amide bonds. The molecule has 1 aromatic carbocycles. The monoisotopic (exact) mass is 585 g/mol. The summed E-state index contributed by atoms with van der Waals surface area (Å²) in [5.74, 6) is -1.47. The summed E-state index contributed by atoms with van der Waals surface area (Å²) >= 11 is 0. The van der Waals surface area contributed by atoms with E-state index in [2.05, 4.69) is 11.8 Å². The number of likely N-dealkylation sites (tertiary alicyclic amines) is 1. The molecule has 0 aromatic heterocycles. The van der Waals surface area contributed by atoms with Gasteiger partial charge in [0.2, 0.25) is 11.8 Å². The summed E-state index contributed by atoms with van der Waals surface area (Å²) < 4.78 is 5.67. The van der Waals surface area contributed by atoms with Crippen LogP contribution in [0, 0.1) is 5.92 Å². The van der Waals surface area contributed by atoms with Crippen LogP contribution in [0.25, 0.3) is 0 Å². The van der Waals surface area contributed by atoms with Crippen LogP contribution in [0.3, 0.4) is 0 Å². The standard InChI is InChI=1S/C31H47N5O6/c1-5-6-14-34(15-7-13-32(2)3)28(38)21-35-20-24(22-8-9-26-23(19-22)12-18-42-26)29(30(39)40)25(35)10-17-36-27(37)11-16-33(4)31(36)41/h8-9,19,24-25,29H,5-7,10-18,20-21H2,1-4H3,(H,39,40)/t24-,25+,29?/m1/s1. The van der Waals surface area contributed by atoms with Gasteiger partial charge in [0, 0.05) is 64.6 Å². The molecule has 4 rings (SSSR count). The predicted octanol–water partition coefficient (Wildman–Crippen LogP) is 2.34. The number of imide groups is 1. The van der Waals surface area contributed by atoms with Crippen LogP contribution in [0.15, 0.2) is 18.2 Å². The molecule has 2 fully saturated rings. The molecular weight excluding hydrogens is 538 g/mol. The molecule has 1 N–H and O–H groups in total. The molecule has 0 radical (unpaired) electrons. The number of carboxylic acid groups (broad SMARTS) is 1. The van der Waals surface area contributed by atoms with Gasteiger partial charge in [-0.1, -0.05) is 25.5 Å². The van der Waals surface area contributed by atoms with Crippen molar-refractivity contribution in [1.82, 2.24) is 24.5 Å². The lowest BCUT2D eigenvalue weighted by Crippen LogP contribution is -2.52. The Bertz CT molecular complexity index is 1140. The Balaban J connectivity index is 1.58. The number of aliphatic carboxylic acids is 1. The normalized spacial score (nSPS) is 22.5. The zero-order valence-corrected chi connectivity index (χ0v) is 25.6. The second kappa shape index (κ2) is 14.3. The first-order chi connectivity index (χ1) is 20.1. The molecule has 3 atom stereocenters. The van der Waals surface area contributed by atoms with E-state index in [-0.39, 0.29) is 49.7 Å². The number of fused-ring (bicyclic) bond motifs is 1. The van der Waals surface area contributed by atoms with Gasteiger partial charge >= 0.3 is 12.0 Å². The van der Waals surface area contributed by atoms with Crippen molar-refractivity contribution in [2.24, 2.45) is 5.92 Å². The third-order valence-electron chi connectivity index (χ3n) is 8.85. The van der Waals surface area contributed by atoms with Gasteiger partial charge in [-0.15, -0.1) is 0 Å². The summed E-state index contributed by atoms with van der Waals surface area (Å²) in [7, 11) is 5.69. The van der Waals surface area contributed by atoms with E-state index >= 15 is 0 Å². The third kappa shape index (κ3) is 7.42. The first kappa shape index (κ1) is 31.7. The minimum atomic E-state index is -0.932. The molecule has 1 unspecified atom stereocenters. The number of amides is 4. The van der Waals surface area contributed by atoms with E-state index in [1.54, 1.807) is 7.05 Å². The molecule has 3 aliphatic rings. The van der Waals surface area contributed by atoms with Crippen molar-refractivity contribution < 1.29 is 29.0 Å². The van der Waals surface area contributed by atoms with E-state index in [4.69, 9.17) is 4.74 Å². The molecule has 232 valence electrons. The lowest BCUT2D eigenvalue weighted by atomic mass is 9.83. The first-order valence-electron chi connectivity index (χ1n) is 15.3. The quantitative estimate of drug-likeness (QED) is 0.354. The molecule has 0 aliphatic carbocycles. The summed E-state index contributed by atoms with van der Waals surface area (Å²) in [6.45, 7) is 5.92. The van der Waals surface area contributed by atoms with Crippen LogP contribution >= 0.6 is 0 Å². The fourth-order valence-electron chi connectivity index (χ4n) is 6.48. The summed E-state index contributed by atoms with van der Waals surface area (Å²) in [4.78, 5) is 60.8. The number of rotatable bonds is 14. The zero-order chi connectivity index (χ0) is 30.4. The molecule has 1 aromatic rings. The molecule has 3 aliphatic heterocycles. The molecule has 2 saturated heterocycles. The smallest absolute Gasteiger partial charge is 0.326 e. The van der Waals surface area contributed by atoms with Gasteiger partial charge in [-0.3, -0.25) is 24.2 Å². The Morgan fingerprint density at radius 1 is 1.10 bits per heavy atom. The summed E-state index contributed by atoms with van der Waals surface area (Å²) in [5.41, 5.74) is 1.99. The summed E-state index contributed by atoms with van der Waals surface area (Å²) in [6.07, 6.45) is 4.05. The predicted molar refractivity (Wildman–Crippen MR) is 159 cm³/mol. The average molecular weight is 586 g/mol. The van der Waals surface area contributed by atoms with Crippen molar-refractivity contribution in [3.05, 3.63) is 29.3 Å². The second-order valence-electron chi connectivity index (χ2n) is 12.1. The average Bonchev–Trinajstić information content (AvgIpc) is 3.56. The number of unbranched alkanes of at least 4 members (excludes halogenated alkanes) is 1. The van der Waals surface area contributed by atoms with Gasteiger partial charge in [0.1, 0.15) is 5.75 Å². The third-order valence-corrected chi connectivity index (χ3v) is 8.85. The molecule has 42 heavy (non-hydrogen) atoms. The Morgan fingerprint density at radius 3 is 2.57 bits per heavy atom. The number of nitrogens with zero attached hydrogens (tertiary/aromatic N) is 5. The fourth-order valence-corrected chi connectivity index (χ4v) is 6.48. The van der Waals surface area contributed by atoms with E-state index < -0.39 is 17.9 Å². The zero-order valence-electron chi connectivity index (χ0n) is 25.6. The number of hydrogen-bond acceptors (Lipinski definition) is 7. The SMILES string of the molecule is CCCCN(CCCN(C)C)C(=O)CN1C[C@H](c2ccc3c(c2)CCO3)C(C(=O)O)[C@@H]1CCN1C(=O)CCN(C)C1=O. The van der Waals surface area contributed by atoms with Crippen LogP contribution in [0.1, 0.15) is 56.1 Å². The van der Waals surface area contributed by atoms with E-state index in [1.807, 2.05) is 42.1 Å². The fraction of sp³-hybridized carbons (Fsp3) is 0.677. The maximum absolute atomic E-state index is 13.7. The highest BCUT2D eigenvalue weighted by molar-refractivity contribution is 5.96. The van der Waals surface area contributed by atoms with Gasteiger partial charge in [0.15, 0.2) is 0 Å². The highest BCUT2D eigenvalue weighted by Crippen LogP contribution is 2.41. The molecule has 0 saturated carbocycles. The van der Waals surface area contributed by atoms with Crippen LogP contribution in [0.5, 0.6) is 5.75 Å². The van der Waals surface area contributed by atoms with Gasteiger partial charge in [-0.05, 0) is 57.1 Å². The van der Waals surface area contributed by atoms with E-state index in [0.717, 1.165) is 49.1 Å². The second-order valence-corrected chi connectivity index (χ2v) is 12.1. The van der Waals surface area contributed by atoms with E-state index in [0.29, 0.717) is 32.8 Å². The lowest BCUT2D eigenvalue weighted by Gasteiger charge is -2.34. The molecule has 11 heteroatoms. The van der Waals surface area contributed by atoms with Crippen molar-refractivity contribution in [3.8, 4) is 5.75 Å². The van der Waals surface area contributed by atoms with Crippen molar-refractivity contribution >= 4 is 23.8 Å². The number of hydrogen-bond donors (Lipinski definition) is 1. The van der Waals surface area contributed by atoms with Gasteiger partial charge < -0.3 is 24.5 Å². The van der Waals surface area contributed by atoms with Gasteiger partial charge in [-0.2, -0.15) is 0 Å². The number of carbonyl (C=O) groups is 4. The number of carbonyl (C=O) groups excluding carboxylic acids is 3. The number of carboxylic acids is 1. The Kier molecular flexibility index (Phi) is 10.8. The Hall–Kier alpha value is -3.18. The van der Waals surface area contributed by atoms with Crippen molar-refractivity contribution in [3.63, 3.8) is 0 Å². The number of benzene rings is 1. The Labute approximate surface area is 249 Å². The van der Waals surface area contributed by atoms with Crippen molar-refractivity contribution in [2.75, 3.05) is 73.6 Å². The maximum Gasteiger partial charge on any atom is 0.326 e. The van der Waals surface area contributed by atoms with Crippen molar-refractivity contribution in [1.29, 1.82) is 0 Å². The first-order valence-corrected chi connectivity index (χ1v) is 15.3. The minimum absolute atomic E-state index is 0.00999. The highest BCUT2D eigenvalue weighted by atomic mass is 16.5. The Morgan fingerprint density at radius 2 is 1.86 bits per heavy atom. The van der Waals surface area contributed by atoms with E-state index in [1.165, 1.54) is 9.80 Å². The molecule has 3 heterocycles. The summed E-state index contributed by atoms with van der Waals surface area (Å²) in [5, 5.41) is 10.5. The molecule has 11 nitrogen and oxygen atoms in total. The summed E-state index contributed by atoms with van der Waals surface area (Å²) in [6, 6.07) is 5.03. The maximum atomic E-state index is 13.7. The van der Waals surface area contributed by atoms with Gasteiger partial charge in [0.25, 0.3) is 0 Å². The van der Waals surface area contributed by atoms with E-state index in [9.17, 15) is 24.3 Å². The molecule has 0 bridgehead atoms. The topological polar surface area (TPSA) is 114 Å².